The van der Waals surface area contributed by atoms with Gasteiger partial charge in [0.15, 0.2) is 0 Å². The summed E-state index contributed by atoms with van der Waals surface area (Å²) in [5, 5.41) is 6.57. The van der Waals surface area contributed by atoms with Crippen LogP contribution in [0.1, 0.15) is 6.92 Å². The molecule has 0 radical (unpaired) electrons. The molecule has 2 nitrogen and oxygen atoms in total. The van der Waals surface area contributed by atoms with Crippen molar-refractivity contribution in [2.75, 3.05) is 6.54 Å². The molecule has 0 rings (SSSR count). The van der Waals surface area contributed by atoms with Crippen molar-refractivity contribution >= 4 is 12.4 Å². The van der Waals surface area contributed by atoms with Crippen molar-refractivity contribution in [2.45, 2.75) is 6.92 Å². The van der Waals surface area contributed by atoms with Crippen LogP contribution in [-0.4, -0.2) is 19.0 Å². The molecule has 0 heterocycles. The summed E-state index contributed by atoms with van der Waals surface area (Å²) in [7, 11) is 0. The largest absolute Gasteiger partial charge is 0.309 e. The van der Waals surface area contributed by atoms with Gasteiger partial charge in [0.1, 0.15) is 0 Å². The van der Waals surface area contributed by atoms with Gasteiger partial charge in [0.2, 0.25) is 0 Å². The van der Waals surface area contributed by atoms with Crippen molar-refractivity contribution in [1.82, 2.24) is 0 Å². The van der Waals surface area contributed by atoms with Crippen molar-refractivity contribution in [3.05, 3.63) is 12.2 Å². The maximum atomic E-state index is 6.57. The van der Waals surface area contributed by atoms with Gasteiger partial charge in [-0.1, -0.05) is 6.08 Å². The number of nitrogens with zero attached hydrogens (tertiary/aromatic N) is 1. The van der Waals surface area contributed by atoms with Crippen LogP contribution in [0.3, 0.4) is 0 Å². The molecule has 0 bridgehead atoms. The highest BCUT2D eigenvalue weighted by molar-refractivity contribution is 5.67. The molecule has 0 atom stereocenters. The maximum Gasteiger partial charge on any atom is 0.0569 e. The molecule has 0 aliphatic rings. The lowest BCUT2D eigenvalue weighted by molar-refractivity contribution is 1.26. The summed E-state index contributed by atoms with van der Waals surface area (Å²) >= 11 is 0. The highest BCUT2D eigenvalue weighted by atomic mass is 14.7. The molecule has 8 heavy (non-hydrogen) atoms. The summed E-state index contributed by atoms with van der Waals surface area (Å²) in [4.78, 5) is 3.89. The van der Waals surface area contributed by atoms with Gasteiger partial charge in [0.05, 0.1) is 6.54 Å². The Kier molecular flexibility index (Phi) is 5.38. The van der Waals surface area contributed by atoms with E-state index in [0.717, 1.165) is 0 Å². The molecule has 0 saturated carbocycles. The van der Waals surface area contributed by atoms with Gasteiger partial charge in [-0.15, -0.1) is 0 Å². The molecule has 0 aliphatic heterocycles. The highest BCUT2D eigenvalue weighted by Gasteiger charge is 1.63. The molecule has 0 aliphatic carbocycles. The van der Waals surface area contributed by atoms with Crippen molar-refractivity contribution in [2.24, 2.45) is 4.99 Å². The molecule has 2 heteroatoms. The minimum Gasteiger partial charge on any atom is -0.309 e. The van der Waals surface area contributed by atoms with Crippen LogP contribution in [0.2, 0.25) is 0 Å². The van der Waals surface area contributed by atoms with Gasteiger partial charge in [0.25, 0.3) is 0 Å². The average molecular weight is 110 g/mol. The molecule has 0 fully saturated rings. The Morgan fingerprint density at radius 1 is 1.62 bits per heavy atom. The third-order valence-electron chi connectivity index (χ3n) is 0.626. The first-order valence-electron chi connectivity index (χ1n) is 2.52. The molecule has 0 aromatic rings. The van der Waals surface area contributed by atoms with Gasteiger partial charge in [-0.05, 0) is 19.2 Å². The summed E-state index contributed by atoms with van der Waals surface area (Å²) in [6, 6.07) is 0. The number of hydrogen-bond acceptors (Lipinski definition) is 2. The van der Waals surface area contributed by atoms with Crippen LogP contribution < -0.4 is 0 Å². The van der Waals surface area contributed by atoms with Crippen molar-refractivity contribution in [3.8, 4) is 0 Å². The van der Waals surface area contributed by atoms with E-state index in [1.165, 1.54) is 6.21 Å². The normalized spacial score (nSPS) is 11.1. The predicted molar refractivity (Wildman–Crippen MR) is 37.0 cm³/mol. The lowest BCUT2D eigenvalue weighted by Crippen LogP contribution is -1.70. The molecule has 0 aromatic heterocycles. The van der Waals surface area contributed by atoms with Gasteiger partial charge in [-0.2, -0.15) is 0 Å². The molecular weight excluding hydrogens is 100 g/mol. The quantitative estimate of drug-likeness (QED) is 0.531. The Balaban J connectivity index is 3.15. The first kappa shape index (κ1) is 7.08. The van der Waals surface area contributed by atoms with Crippen LogP contribution in [0, 0.1) is 5.41 Å². The number of rotatable bonds is 3. The second kappa shape index (κ2) is 6.08. The first-order chi connectivity index (χ1) is 3.91. The number of aliphatic imine (C=N–C) groups is 1. The fourth-order valence-corrected chi connectivity index (χ4v) is 0.295. The zero-order valence-electron chi connectivity index (χ0n) is 4.96. The number of allylic oxidation sites excluding steroid dienone is 1. The molecule has 44 valence electrons. The first-order valence-corrected chi connectivity index (χ1v) is 2.52. The summed E-state index contributed by atoms with van der Waals surface area (Å²) in [5.41, 5.74) is 0. The fraction of sp³-hybridized carbons (Fsp3) is 0.333. The smallest absolute Gasteiger partial charge is 0.0569 e. The van der Waals surface area contributed by atoms with Crippen LogP contribution in [0.4, 0.5) is 0 Å². The van der Waals surface area contributed by atoms with Gasteiger partial charge in [0, 0.05) is 6.21 Å². The second-order valence-corrected chi connectivity index (χ2v) is 1.22. The Morgan fingerprint density at radius 2 is 2.38 bits per heavy atom. The Labute approximate surface area is 49.5 Å². The maximum absolute atomic E-state index is 6.57. The van der Waals surface area contributed by atoms with E-state index < -0.39 is 0 Å². The van der Waals surface area contributed by atoms with Gasteiger partial charge in [-0.3, -0.25) is 4.99 Å². The minimum atomic E-state index is 0.686. The van der Waals surface area contributed by atoms with E-state index in [1.54, 1.807) is 12.3 Å². The molecule has 0 spiro atoms. The van der Waals surface area contributed by atoms with Crippen LogP contribution in [-0.2, 0) is 0 Å². The highest BCUT2D eigenvalue weighted by Crippen LogP contribution is 1.69. The van der Waals surface area contributed by atoms with Gasteiger partial charge in [-0.25, -0.2) is 0 Å². The van der Waals surface area contributed by atoms with Crippen LogP contribution >= 0.6 is 0 Å². The summed E-state index contributed by atoms with van der Waals surface area (Å²) in [6.45, 7) is 2.56. The van der Waals surface area contributed by atoms with Crippen LogP contribution in [0.25, 0.3) is 0 Å². The van der Waals surface area contributed by atoms with Crippen LogP contribution in [0.15, 0.2) is 17.1 Å². The van der Waals surface area contributed by atoms with E-state index in [4.69, 9.17) is 5.41 Å². The van der Waals surface area contributed by atoms with Gasteiger partial charge < -0.3 is 5.41 Å². The Morgan fingerprint density at radius 3 is 2.88 bits per heavy atom. The zero-order valence-corrected chi connectivity index (χ0v) is 4.96. The standard InChI is InChI=1S/C6H10N2/c1-2-8-6-4-3-5-7/h2-5,7H,6H2,1H3/b4-3-,7-5?,8-2-. The molecule has 0 aromatic carbocycles. The van der Waals surface area contributed by atoms with E-state index in [-0.39, 0.29) is 0 Å². The number of nitrogens with one attached hydrogen (secondary N) is 1. The predicted octanol–water partition coefficient (Wildman–Crippen LogP) is 1.28. The Bertz CT molecular complexity index is 103. The zero-order chi connectivity index (χ0) is 6.24. The molecule has 0 amide bonds. The van der Waals surface area contributed by atoms with E-state index in [0.29, 0.717) is 6.54 Å². The van der Waals surface area contributed by atoms with E-state index >= 15 is 0 Å². The molecule has 0 saturated heterocycles. The van der Waals surface area contributed by atoms with Crippen molar-refractivity contribution < 1.29 is 0 Å². The Hall–Kier alpha value is -0.920. The van der Waals surface area contributed by atoms with E-state index in [1.807, 2.05) is 13.0 Å². The molecule has 0 unspecified atom stereocenters. The second-order valence-electron chi connectivity index (χ2n) is 1.22. The van der Waals surface area contributed by atoms with E-state index in [9.17, 15) is 0 Å². The minimum absolute atomic E-state index is 0.686. The lowest BCUT2D eigenvalue weighted by atomic mass is 10.5. The monoisotopic (exact) mass is 110 g/mol. The summed E-state index contributed by atoms with van der Waals surface area (Å²) in [6.07, 6.45) is 6.47. The van der Waals surface area contributed by atoms with Crippen LogP contribution in [0.5, 0.6) is 0 Å². The summed E-state index contributed by atoms with van der Waals surface area (Å²) in [5.74, 6) is 0. The van der Waals surface area contributed by atoms with E-state index in [2.05, 4.69) is 4.99 Å². The van der Waals surface area contributed by atoms with Crippen molar-refractivity contribution in [1.29, 1.82) is 5.41 Å². The molecule has 1 N–H and O–H groups in total. The summed E-state index contributed by atoms with van der Waals surface area (Å²) < 4.78 is 0. The third kappa shape index (κ3) is 5.08. The topological polar surface area (TPSA) is 36.2 Å². The fourth-order valence-electron chi connectivity index (χ4n) is 0.295. The van der Waals surface area contributed by atoms with Gasteiger partial charge >= 0.3 is 0 Å². The number of hydrogen-bond donors (Lipinski definition) is 1. The average Bonchev–Trinajstić information content (AvgIpc) is 1.81. The SMILES string of the molecule is C/C=N\C/C=C\C=N. The lowest BCUT2D eigenvalue weighted by Gasteiger charge is -1.75. The third-order valence-corrected chi connectivity index (χ3v) is 0.626. The van der Waals surface area contributed by atoms with Crippen molar-refractivity contribution in [3.63, 3.8) is 0 Å². The molecular formula is C6H10N2.